The molecule has 1 atom stereocenters. The van der Waals surface area contributed by atoms with Gasteiger partial charge in [0.05, 0.1) is 5.69 Å². The first-order valence-electron chi connectivity index (χ1n) is 9.16. The summed E-state index contributed by atoms with van der Waals surface area (Å²) in [6.45, 7) is 4.71. The molecule has 1 aliphatic carbocycles. The number of hydrogen-bond acceptors (Lipinski definition) is 5. The first-order chi connectivity index (χ1) is 12.6. The summed E-state index contributed by atoms with van der Waals surface area (Å²) in [6.07, 6.45) is 9.64. The van der Waals surface area contributed by atoms with Crippen molar-refractivity contribution in [3.8, 4) is 0 Å². The van der Waals surface area contributed by atoms with E-state index >= 15 is 0 Å². The number of aromatic nitrogens is 2. The molecule has 1 aliphatic heterocycles. The number of carbonyl (C=O) groups is 1. The van der Waals surface area contributed by atoms with Crippen molar-refractivity contribution in [1.29, 1.82) is 0 Å². The van der Waals surface area contributed by atoms with Gasteiger partial charge in [-0.15, -0.1) is 11.3 Å². The number of anilines is 1. The normalized spacial score (nSPS) is 19.9. The lowest BCUT2D eigenvalue weighted by Gasteiger charge is -2.33. The van der Waals surface area contributed by atoms with Gasteiger partial charge in [-0.2, -0.15) is 0 Å². The minimum atomic E-state index is 0.0188. The molecule has 6 heteroatoms. The maximum atomic E-state index is 11.5. The van der Waals surface area contributed by atoms with Crippen molar-refractivity contribution in [2.24, 2.45) is 5.92 Å². The van der Waals surface area contributed by atoms with Crippen molar-refractivity contribution in [1.82, 2.24) is 14.9 Å². The Labute approximate surface area is 158 Å². The molecule has 2 aliphatic rings. The summed E-state index contributed by atoms with van der Waals surface area (Å²) in [7, 11) is 1.78. The maximum Gasteiger partial charge on any atom is 0.225 e. The number of rotatable bonds is 4. The van der Waals surface area contributed by atoms with Crippen molar-refractivity contribution in [3.63, 3.8) is 0 Å². The summed E-state index contributed by atoms with van der Waals surface area (Å²) >= 11 is 1.61. The number of nitrogens with zero attached hydrogens (tertiary/aromatic N) is 4. The van der Waals surface area contributed by atoms with Gasteiger partial charge in [-0.1, -0.05) is 11.6 Å². The Morgan fingerprint density at radius 1 is 1.42 bits per heavy atom. The average molecular weight is 369 g/mol. The van der Waals surface area contributed by atoms with Crippen LogP contribution in [-0.2, 0) is 17.8 Å². The Kier molecular flexibility index (Phi) is 4.87. The number of fused-ring (bicyclic) bond motifs is 1. The van der Waals surface area contributed by atoms with Crippen molar-refractivity contribution in [2.45, 2.75) is 32.7 Å². The highest BCUT2D eigenvalue weighted by Gasteiger charge is 2.26. The van der Waals surface area contributed by atoms with Crippen molar-refractivity contribution in [3.05, 3.63) is 46.2 Å². The van der Waals surface area contributed by atoms with Crippen LogP contribution in [0.1, 0.15) is 35.9 Å². The summed E-state index contributed by atoms with van der Waals surface area (Å²) in [5.41, 5.74) is 4.04. The van der Waals surface area contributed by atoms with Gasteiger partial charge in [0.1, 0.15) is 0 Å². The number of thiazole rings is 1. The lowest BCUT2D eigenvalue weighted by molar-refractivity contribution is -0.116. The van der Waals surface area contributed by atoms with E-state index < -0.39 is 0 Å². The van der Waals surface area contributed by atoms with E-state index in [1.165, 1.54) is 28.9 Å². The number of likely N-dealkylation sites (tertiary alicyclic amines) is 1. The molecule has 0 saturated carbocycles. The maximum absolute atomic E-state index is 11.5. The van der Waals surface area contributed by atoms with Crippen LogP contribution in [0, 0.1) is 5.92 Å². The molecule has 136 valence electrons. The van der Waals surface area contributed by atoms with Crippen LogP contribution in [0.4, 0.5) is 5.13 Å². The number of pyridine rings is 1. The lowest BCUT2D eigenvalue weighted by atomic mass is 9.89. The largest absolute Gasteiger partial charge is 0.298 e. The van der Waals surface area contributed by atoms with E-state index in [9.17, 15) is 4.79 Å². The molecule has 1 unspecified atom stereocenters. The van der Waals surface area contributed by atoms with Crippen molar-refractivity contribution < 1.29 is 4.79 Å². The molecule has 0 radical (unpaired) electrons. The minimum absolute atomic E-state index is 0.0188. The van der Waals surface area contributed by atoms with E-state index in [0.717, 1.165) is 36.9 Å². The van der Waals surface area contributed by atoms with Gasteiger partial charge in [0.25, 0.3) is 0 Å². The first-order valence-corrected chi connectivity index (χ1v) is 9.97. The van der Waals surface area contributed by atoms with Crippen LogP contribution in [0.25, 0.3) is 6.08 Å². The SMILES string of the molecule is CC(=O)N(C)c1ncc(CN2CCCC(C3=Cc4ncccc4C3)C2)s1. The van der Waals surface area contributed by atoms with Gasteiger partial charge in [0, 0.05) is 44.3 Å². The molecule has 4 rings (SSSR count). The van der Waals surface area contributed by atoms with Crippen LogP contribution in [0.15, 0.2) is 30.1 Å². The molecule has 2 aromatic heterocycles. The number of amides is 1. The summed E-state index contributed by atoms with van der Waals surface area (Å²) in [5.74, 6) is 0.635. The monoisotopic (exact) mass is 368 g/mol. The third kappa shape index (κ3) is 3.57. The fraction of sp³-hybridized carbons (Fsp3) is 0.450. The molecule has 0 aromatic carbocycles. The molecule has 3 heterocycles. The Balaban J connectivity index is 1.40. The Hall–Kier alpha value is -2.05. The van der Waals surface area contributed by atoms with Crippen LogP contribution in [0.2, 0.25) is 0 Å². The topological polar surface area (TPSA) is 49.3 Å². The summed E-state index contributed by atoms with van der Waals surface area (Å²) in [5, 5.41) is 0.779. The van der Waals surface area contributed by atoms with Crippen molar-refractivity contribution >= 4 is 28.5 Å². The second kappa shape index (κ2) is 7.29. The van der Waals surface area contributed by atoms with Crippen LogP contribution >= 0.6 is 11.3 Å². The molecule has 26 heavy (non-hydrogen) atoms. The van der Waals surface area contributed by atoms with Gasteiger partial charge in [-0.25, -0.2) is 4.98 Å². The van der Waals surface area contributed by atoms with Gasteiger partial charge in [-0.3, -0.25) is 19.6 Å². The molecule has 0 N–H and O–H groups in total. The summed E-state index contributed by atoms with van der Waals surface area (Å²) in [4.78, 5) is 25.8. The van der Waals surface area contributed by atoms with E-state index in [4.69, 9.17) is 0 Å². The van der Waals surface area contributed by atoms with Crippen LogP contribution in [0.5, 0.6) is 0 Å². The zero-order valence-corrected chi connectivity index (χ0v) is 16.1. The van der Waals surface area contributed by atoms with Crippen LogP contribution < -0.4 is 4.90 Å². The fourth-order valence-corrected chi connectivity index (χ4v) is 4.78. The van der Waals surface area contributed by atoms with E-state index in [0.29, 0.717) is 5.92 Å². The minimum Gasteiger partial charge on any atom is -0.298 e. The number of hydrogen-bond donors (Lipinski definition) is 0. The van der Waals surface area contributed by atoms with E-state index in [-0.39, 0.29) is 5.91 Å². The standard InChI is InChI=1S/C20H24N4OS/c1-14(25)23(2)20-22-11-18(26-20)13-24-8-4-6-16(12-24)17-9-15-5-3-7-21-19(15)10-17/h3,5,7,10-11,16H,4,6,8-9,12-13H2,1-2H3. The van der Waals surface area contributed by atoms with Gasteiger partial charge < -0.3 is 0 Å². The Morgan fingerprint density at radius 2 is 2.31 bits per heavy atom. The predicted octanol–water partition coefficient (Wildman–Crippen LogP) is 3.37. The predicted molar refractivity (Wildman–Crippen MR) is 105 cm³/mol. The highest BCUT2D eigenvalue weighted by Crippen LogP contribution is 2.33. The quantitative estimate of drug-likeness (QED) is 0.830. The highest BCUT2D eigenvalue weighted by molar-refractivity contribution is 7.15. The van der Waals surface area contributed by atoms with Crippen LogP contribution in [0.3, 0.4) is 0 Å². The lowest BCUT2D eigenvalue weighted by Crippen LogP contribution is -2.35. The first kappa shape index (κ1) is 17.4. The molecule has 1 fully saturated rings. The third-order valence-electron chi connectivity index (χ3n) is 5.35. The Bertz CT molecular complexity index is 844. The van der Waals surface area contributed by atoms with Gasteiger partial charge >= 0.3 is 0 Å². The zero-order valence-electron chi connectivity index (χ0n) is 15.3. The summed E-state index contributed by atoms with van der Waals surface area (Å²) < 4.78 is 0. The van der Waals surface area contributed by atoms with E-state index in [1.807, 2.05) is 18.5 Å². The molecular formula is C20H24N4OS. The smallest absolute Gasteiger partial charge is 0.225 e. The zero-order chi connectivity index (χ0) is 18.1. The molecule has 0 spiro atoms. The highest BCUT2D eigenvalue weighted by atomic mass is 32.1. The van der Waals surface area contributed by atoms with Gasteiger partial charge in [0.2, 0.25) is 5.91 Å². The third-order valence-corrected chi connectivity index (χ3v) is 6.41. The second-order valence-corrected chi connectivity index (χ2v) is 8.30. The van der Waals surface area contributed by atoms with Gasteiger partial charge in [-0.05, 0) is 49.4 Å². The molecular weight excluding hydrogens is 344 g/mol. The second-order valence-electron chi connectivity index (χ2n) is 7.21. The van der Waals surface area contributed by atoms with Gasteiger partial charge in [0.15, 0.2) is 5.13 Å². The Morgan fingerprint density at radius 3 is 3.12 bits per heavy atom. The molecule has 1 amide bonds. The van der Waals surface area contributed by atoms with Crippen LogP contribution in [-0.4, -0.2) is 40.9 Å². The molecule has 1 saturated heterocycles. The average Bonchev–Trinajstić information content (AvgIpc) is 3.28. The molecule has 2 aromatic rings. The van der Waals surface area contributed by atoms with E-state index in [1.54, 1.807) is 30.2 Å². The molecule has 0 bridgehead atoms. The number of carbonyl (C=O) groups excluding carboxylic acids is 1. The number of piperidine rings is 1. The summed E-state index contributed by atoms with van der Waals surface area (Å²) in [6, 6.07) is 4.22. The fourth-order valence-electron chi connectivity index (χ4n) is 3.82. The van der Waals surface area contributed by atoms with Crippen molar-refractivity contribution in [2.75, 3.05) is 25.0 Å². The molecule has 5 nitrogen and oxygen atoms in total. The van der Waals surface area contributed by atoms with E-state index in [2.05, 4.69) is 27.0 Å².